The fraction of sp³-hybridized carbons (Fsp3) is 0.250. The van der Waals surface area contributed by atoms with E-state index in [9.17, 15) is 0 Å². The third-order valence-corrected chi connectivity index (χ3v) is 1.75. The Morgan fingerprint density at radius 2 is 1.92 bits per heavy atom. The minimum Gasteiger partial charge on any atom is -0.423 e. The van der Waals surface area contributed by atoms with Crippen molar-refractivity contribution in [3.63, 3.8) is 0 Å². The van der Waals surface area contributed by atoms with Crippen molar-refractivity contribution in [1.82, 2.24) is 0 Å². The zero-order valence-electron chi connectivity index (χ0n) is 6.77. The van der Waals surface area contributed by atoms with E-state index in [4.69, 9.17) is 15.8 Å². The number of rotatable bonds is 3. The van der Waals surface area contributed by atoms with Crippen LogP contribution in [0.25, 0.3) is 0 Å². The predicted octanol–water partition coefficient (Wildman–Crippen LogP) is -1.13. The van der Waals surface area contributed by atoms with E-state index in [-0.39, 0.29) is 0 Å². The van der Waals surface area contributed by atoms with Gasteiger partial charge in [-0.25, -0.2) is 0 Å². The van der Waals surface area contributed by atoms with Gasteiger partial charge in [0.25, 0.3) is 0 Å². The van der Waals surface area contributed by atoms with E-state index < -0.39 is 7.12 Å². The Hall–Kier alpha value is -0.835. The van der Waals surface area contributed by atoms with Gasteiger partial charge >= 0.3 is 7.12 Å². The van der Waals surface area contributed by atoms with Crippen LogP contribution in [0.4, 0.5) is 0 Å². The van der Waals surface area contributed by atoms with E-state index in [0.29, 0.717) is 18.4 Å². The van der Waals surface area contributed by atoms with Crippen LogP contribution in [-0.2, 0) is 6.42 Å². The molecule has 1 rings (SSSR count). The van der Waals surface area contributed by atoms with E-state index in [1.165, 1.54) is 0 Å². The van der Waals surface area contributed by atoms with Gasteiger partial charge in [-0.05, 0) is 24.0 Å². The van der Waals surface area contributed by atoms with Crippen molar-refractivity contribution in [1.29, 1.82) is 0 Å². The van der Waals surface area contributed by atoms with Gasteiger partial charge in [-0.15, -0.1) is 0 Å². The molecule has 3 nitrogen and oxygen atoms in total. The van der Waals surface area contributed by atoms with Crippen molar-refractivity contribution in [2.24, 2.45) is 5.73 Å². The van der Waals surface area contributed by atoms with E-state index in [2.05, 4.69) is 0 Å². The summed E-state index contributed by atoms with van der Waals surface area (Å²) in [6.45, 7) is 0.518. The van der Waals surface area contributed by atoms with Crippen LogP contribution < -0.4 is 11.2 Å². The molecule has 0 radical (unpaired) electrons. The molecule has 0 atom stereocenters. The molecule has 0 aliphatic rings. The van der Waals surface area contributed by atoms with Crippen LogP contribution >= 0.6 is 0 Å². The molecule has 0 aliphatic heterocycles. The first kappa shape index (κ1) is 9.25. The SMILES string of the molecule is NCCc1ccccc1B(O)O. The topological polar surface area (TPSA) is 66.5 Å². The molecule has 12 heavy (non-hydrogen) atoms. The lowest BCUT2D eigenvalue weighted by atomic mass is 9.76. The molecule has 0 spiro atoms. The average Bonchev–Trinajstić information content (AvgIpc) is 2.05. The summed E-state index contributed by atoms with van der Waals surface area (Å²) < 4.78 is 0. The Kier molecular flexibility index (Phi) is 3.28. The van der Waals surface area contributed by atoms with E-state index in [0.717, 1.165) is 5.56 Å². The first-order valence-electron chi connectivity index (χ1n) is 3.89. The van der Waals surface area contributed by atoms with Crippen molar-refractivity contribution in [3.8, 4) is 0 Å². The van der Waals surface area contributed by atoms with Gasteiger partial charge in [0, 0.05) is 0 Å². The third kappa shape index (κ3) is 2.07. The monoisotopic (exact) mass is 165 g/mol. The zero-order chi connectivity index (χ0) is 8.97. The van der Waals surface area contributed by atoms with Crippen LogP contribution in [-0.4, -0.2) is 23.7 Å². The first-order valence-corrected chi connectivity index (χ1v) is 3.89. The van der Waals surface area contributed by atoms with E-state index in [1.807, 2.05) is 12.1 Å². The summed E-state index contributed by atoms with van der Waals surface area (Å²) in [4.78, 5) is 0. The Balaban J connectivity index is 2.92. The van der Waals surface area contributed by atoms with E-state index >= 15 is 0 Å². The molecule has 0 fully saturated rings. The van der Waals surface area contributed by atoms with Gasteiger partial charge in [0.15, 0.2) is 0 Å². The normalized spacial score (nSPS) is 9.92. The molecule has 4 N–H and O–H groups in total. The number of benzene rings is 1. The first-order chi connectivity index (χ1) is 5.75. The van der Waals surface area contributed by atoms with Crippen molar-refractivity contribution in [3.05, 3.63) is 29.8 Å². The minimum atomic E-state index is -1.40. The zero-order valence-corrected chi connectivity index (χ0v) is 6.77. The quantitative estimate of drug-likeness (QED) is 0.496. The maximum Gasteiger partial charge on any atom is 0.488 e. The van der Waals surface area contributed by atoms with Crippen molar-refractivity contribution >= 4 is 12.6 Å². The summed E-state index contributed by atoms with van der Waals surface area (Å²) in [5.74, 6) is 0. The van der Waals surface area contributed by atoms with Gasteiger partial charge in [-0.2, -0.15) is 0 Å². The molecule has 0 saturated carbocycles. The second-order valence-corrected chi connectivity index (χ2v) is 2.61. The maximum absolute atomic E-state index is 8.95. The molecule has 1 aromatic carbocycles. The number of hydrogen-bond donors (Lipinski definition) is 3. The molecule has 0 unspecified atom stereocenters. The summed E-state index contributed by atoms with van der Waals surface area (Å²) in [5, 5.41) is 17.9. The standard InChI is InChI=1S/C8H12BNO2/c10-6-5-7-3-1-2-4-8(7)9(11)12/h1-4,11-12H,5-6,10H2. The molecular formula is C8H12BNO2. The van der Waals surface area contributed by atoms with Gasteiger partial charge in [0.1, 0.15) is 0 Å². The Bertz CT molecular complexity index is 253. The second kappa shape index (κ2) is 4.26. The highest BCUT2D eigenvalue weighted by Gasteiger charge is 2.13. The van der Waals surface area contributed by atoms with Crippen molar-refractivity contribution in [2.75, 3.05) is 6.54 Å². The lowest BCUT2D eigenvalue weighted by Gasteiger charge is -2.06. The molecule has 0 saturated heterocycles. The summed E-state index contributed by atoms with van der Waals surface area (Å²) >= 11 is 0. The van der Waals surface area contributed by atoms with Gasteiger partial charge in [-0.3, -0.25) is 0 Å². The largest absolute Gasteiger partial charge is 0.488 e. The minimum absolute atomic E-state index is 0.518. The fourth-order valence-electron chi connectivity index (χ4n) is 1.17. The summed E-state index contributed by atoms with van der Waals surface area (Å²) in [5.41, 5.74) is 6.81. The molecule has 0 heterocycles. The molecule has 0 aliphatic carbocycles. The highest BCUT2D eigenvalue weighted by atomic mass is 16.4. The van der Waals surface area contributed by atoms with Crippen LogP contribution in [0.2, 0.25) is 0 Å². The third-order valence-electron chi connectivity index (χ3n) is 1.75. The smallest absolute Gasteiger partial charge is 0.423 e. The number of hydrogen-bond acceptors (Lipinski definition) is 3. The molecule has 4 heteroatoms. The predicted molar refractivity (Wildman–Crippen MR) is 49.0 cm³/mol. The van der Waals surface area contributed by atoms with Gasteiger partial charge in [0.05, 0.1) is 0 Å². The molecular weight excluding hydrogens is 153 g/mol. The molecule has 0 aromatic heterocycles. The summed E-state index contributed by atoms with van der Waals surface area (Å²) in [6, 6.07) is 7.17. The molecule has 0 amide bonds. The van der Waals surface area contributed by atoms with Crippen LogP contribution in [0, 0.1) is 0 Å². The van der Waals surface area contributed by atoms with Gasteiger partial charge in [0.2, 0.25) is 0 Å². The van der Waals surface area contributed by atoms with Crippen LogP contribution in [0.15, 0.2) is 24.3 Å². The molecule has 64 valence electrons. The Morgan fingerprint density at radius 3 is 2.50 bits per heavy atom. The van der Waals surface area contributed by atoms with E-state index in [1.54, 1.807) is 12.1 Å². The van der Waals surface area contributed by atoms with Crippen molar-refractivity contribution in [2.45, 2.75) is 6.42 Å². The Labute approximate surface area is 72.0 Å². The van der Waals surface area contributed by atoms with Gasteiger partial charge in [-0.1, -0.05) is 24.3 Å². The van der Waals surface area contributed by atoms with Crippen LogP contribution in [0.3, 0.4) is 0 Å². The lowest BCUT2D eigenvalue weighted by molar-refractivity contribution is 0.425. The second-order valence-electron chi connectivity index (χ2n) is 2.61. The highest BCUT2D eigenvalue weighted by Crippen LogP contribution is 1.96. The number of nitrogens with two attached hydrogens (primary N) is 1. The Morgan fingerprint density at radius 1 is 1.25 bits per heavy atom. The fourth-order valence-corrected chi connectivity index (χ4v) is 1.17. The van der Waals surface area contributed by atoms with Crippen molar-refractivity contribution < 1.29 is 10.0 Å². The van der Waals surface area contributed by atoms with Gasteiger partial charge < -0.3 is 15.8 Å². The summed E-state index contributed by atoms with van der Waals surface area (Å²) in [6.07, 6.45) is 0.674. The van der Waals surface area contributed by atoms with Crippen LogP contribution in [0.5, 0.6) is 0 Å². The molecule has 0 bridgehead atoms. The lowest BCUT2D eigenvalue weighted by Crippen LogP contribution is -2.33. The maximum atomic E-state index is 8.95. The highest BCUT2D eigenvalue weighted by molar-refractivity contribution is 6.59. The molecule has 1 aromatic rings. The van der Waals surface area contributed by atoms with Crippen LogP contribution in [0.1, 0.15) is 5.56 Å². The summed E-state index contributed by atoms with van der Waals surface area (Å²) in [7, 11) is -1.40. The average molecular weight is 165 g/mol.